The molecule has 1 aromatic rings. The minimum atomic E-state index is 0.876. The maximum Gasteiger partial charge on any atom is 0.0316 e. The first-order chi connectivity index (χ1) is 8.76. The molecule has 0 atom stereocenters. The van der Waals surface area contributed by atoms with E-state index < -0.39 is 0 Å². The van der Waals surface area contributed by atoms with Crippen molar-refractivity contribution in [2.24, 2.45) is 0 Å². The molecule has 0 heterocycles. The van der Waals surface area contributed by atoms with Gasteiger partial charge in [-0.3, -0.25) is 0 Å². The van der Waals surface area contributed by atoms with Crippen molar-refractivity contribution in [1.82, 2.24) is 4.90 Å². The van der Waals surface area contributed by atoms with Gasteiger partial charge < -0.3 is 10.6 Å². The van der Waals surface area contributed by atoms with Crippen molar-refractivity contribution in [3.63, 3.8) is 0 Å². The Morgan fingerprint density at radius 2 is 1.67 bits per heavy atom. The SMILES string of the molecule is CCCCN(CCCC)CCc1cccc(N)c1. The zero-order valence-corrected chi connectivity index (χ0v) is 12.0. The van der Waals surface area contributed by atoms with Crippen LogP contribution in [0.15, 0.2) is 24.3 Å². The number of hydrogen-bond acceptors (Lipinski definition) is 2. The summed E-state index contributed by atoms with van der Waals surface area (Å²) in [6.45, 7) is 8.15. The second-order valence-corrected chi connectivity index (χ2v) is 5.04. The molecule has 1 aromatic carbocycles. The summed E-state index contributed by atoms with van der Waals surface area (Å²) in [6, 6.07) is 8.27. The zero-order chi connectivity index (χ0) is 13.2. The van der Waals surface area contributed by atoms with Crippen molar-refractivity contribution in [2.75, 3.05) is 25.4 Å². The Morgan fingerprint density at radius 1 is 1.00 bits per heavy atom. The summed E-state index contributed by atoms with van der Waals surface area (Å²) in [5.74, 6) is 0. The fourth-order valence-corrected chi connectivity index (χ4v) is 2.13. The molecule has 0 aliphatic rings. The third-order valence-corrected chi connectivity index (χ3v) is 3.32. The number of rotatable bonds is 9. The third-order valence-electron chi connectivity index (χ3n) is 3.32. The number of anilines is 1. The summed E-state index contributed by atoms with van der Waals surface area (Å²) >= 11 is 0. The maximum atomic E-state index is 5.81. The van der Waals surface area contributed by atoms with E-state index in [9.17, 15) is 0 Å². The molecule has 0 fully saturated rings. The first kappa shape index (κ1) is 15.0. The molecule has 2 heteroatoms. The van der Waals surface area contributed by atoms with Crippen LogP contribution >= 0.6 is 0 Å². The normalized spacial score (nSPS) is 11.1. The van der Waals surface area contributed by atoms with Crippen LogP contribution in [0.25, 0.3) is 0 Å². The molecule has 0 aliphatic heterocycles. The maximum absolute atomic E-state index is 5.81. The average Bonchev–Trinajstić information content (AvgIpc) is 2.38. The summed E-state index contributed by atoms with van der Waals surface area (Å²) in [5, 5.41) is 0. The van der Waals surface area contributed by atoms with Crippen LogP contribution in [-0.2, 0) is 6.42 Å². The standard InChI is InChI=1S/C16H28N2/c1-3-5-11-18(12-6-4-2)13-10-15-8-7-9-16(17)14-15/h7-9,14H,3-6,10-13,17H2,1-2H3. The van der Waals surface area contributed by atoms with Gasteiger partial charge in [0.05, 0.1) is 0 Å². The van der Waals surface area contributed by atoms with E-state index in [0.717, 1.165) is 18.7 Å². The molecule has 0 aromatic heterocycles. The van der Waals surface area contributed by atoms with E-state index >= 15 is 0 Å². The highest BCUT2D eigenvalue weighted by atomic mass is 15.1. The van der Waals surface area contributed by atoms with Crippen molar-refractivity contribution in [3.05, 3.63) is 29.8 Å². The Bertz CT molecular complexity index is 315. The van der Waals surface area contributed by atoms with E-state index in [4.69, 9.17) is 5.73 Å². The van der Waals surface area contributed by atoms with Crippen LogP contribution < -0.4 is 5.73 Å². The molecule has 0 bridgehead atoms. The second-order valence-electron chi connectivity index (χ2n) is 5.04. The Hall–Kier alpha value is -1.02. The van der Waals surface area contributed by atoms with Crippen LogP contribution in [0.1, 0.15) is 45.1 Å². The van der Waals surface area contributed by atoms with Crippen LogP contribution in [0.2, 0.25) is 0 Å². The quantitative estimate of drug-likeness (QED) is 0.675. The van der Waals surface area contributed by atoms with Gasteiger partial charge in [0, 0.05) is 12.2 Å². The van der Waals surface area contributed by atoms with Gasteiger partial charge in [0.2, 0.25) is 0 Å². The largest absolute Gasteiger partial charge is 0.399 e. The van der Waals surface area contributed by atoms with Crippen LogP contribution in [0.3, 0.4) is 0 Å². The van der Waals surface area contributed by atoms with E-state index in [-0.39, 0.29) is 0 Å². The second kappa shape index (κ2) is 8.98. The van der Waals surface area contributed by atoms with Gasteiger partial charge in [-0.2, -0.15) is 0 Å². The minimum Gasteiger partial charge on any atom is -0.399 e. The number of hydrogen-bond donors (Lipinski definition) is 1. The van der Waals surface area contributed by atoms with Gasteiger partial charge in [-0.1, -0.05) is 38.8 Å². The number of benzene rings is 1. The van der Waals surface area contributed by atoms with E-state index in [1.807, 2.05) is 12.1 Å². The Labute approximate surface area is 112 Å². The number of unbranched alkanes of at least 4 members (excludes halogenated alkanes) is 2. The smallest absolute Gasteiger partial charge is 0.0316 e. The molecule has 0 aliphatic carbocycles. The van der Waals surface area contributed by atoms with Crippen molar-refractivity contribution in [3.8, 4) is 0 Å². The fourth-order valence-electron chi connectivity index (χ4n) is 2.13. The third kappa shape index (κ3) is 6.06. The molecule has 0 saturated carbocycles. The molecule has 0 saturated heterocycles. The highest BCUT2D eigenvalue weighted by Gasteiger charge is 2.04. The molecule has 0 spiro atoms. The first-order valence-electron chi connectivity index (χ1n) is 7.33. The van der Waals surface area contributed by atoms with Gasteiger partial charge in [-0.25, -0.2) is 0 Å². The Kier molecular flexibility index (Phi) is 7.51. The summed E-state index contributed by atoms with van der Waals surface area (Å²) in [7, 11) is 0. The predicted octanol–water partition coefficient (Wildman–Crippen LogP) is 3.71. The van der Waals surface area contributed by atoms with Crippen molar-refractivity contribution >= 4 is 5.69 Å². The molecule has 18 heavy (non-hydrogen) atoms. The summed E-state index contributed by atoms with van der Waals surface area (Å²) < 4.78 is 0. The monoisotopic (exact) mass is 248 g/mol. The van der Waals surface area contributed by atoms with Gasteiger partial charge in [-0.15, -0.1) is 0 Å². The van der Waals surface area contributed by atoms with Gasteiger partial charge in [0.1, 0.15) is 0 Å². The molecule has 0 amide bonds. The predicted molar refractivity (Wildman–Crippen MR) is 80.8 cm³/mol. The van der Waals surface area contributed by atoms with Crippen molar-refractivity contribution in [2.45, 2.75) is 46.0 Å². The van der Waals surface area contributed by atoms with Gasteiger partial charge in [0.25, 0.3) is 0 Å². The summed E-state index contributed by atoms with van der Waals surface area (Å²) in [5.41, 5.74) is 8.04. The van der Waals surface area contributed by atoms with Gasteiger partial charge in [-0.05, 0) is 50.0 Å². The number of nitrogens with two attached hydrogens (primary N) is 1. The molecule has 2 nitrogen and oxygen atoms in total. The highest BCUT2D eigenvalue weighted by molar-refractivity contribution is 5.40. The van der Waals surface area contributed by atoms with Crippen molar-refractivity contribution < 1.29 is 0 Å². The van der Waals surface area contributed by atoms with Crippen LogP contribution in [0.4, 0.5) is 5.69 Å². The topological polar surface area (TPSA) is 29.3 Å². The summed E-state index contributed by atoms with van der Waals surface area (Å²) in [6.07, 6.45) is 6.28. The van der Waals surface area contributed by atoms with Crippen molar-refractivity contribution in [1.29, 1.82) is 0 Å². The molecule has 1 rings (SSSR count). The zero-order valence-electron chi connectivity index (χ0n) is 12.0. The lowest BCUT2D eigenvalue weighted by Gasteiger charge is -2.22. The number of nitrogen functional groups attached to an aromatic ring is 1. The Balaban J connectivity index is 2.39. The lowest BCUT2D eigenvalue weighted by atomic mass is 10.1. The molecular weight excluding hydrogens is 220 g/mol. The van der Waals surface area contributed by atoms with E-state index in [0.29, 0.717) is 0 Å². The van der Waals surface area contributed by atoms with E-state index in [1.165, 1.54) is 44.3 Å². The van der Waals surface area contributed by atoms with Gasteiger partial charge in [0.15, 0.2) is 0 Å². The van der Waals surface area contributed by atoms with Gasteiger partial charge >= 0.3 is 0 Å². The van der Waals surface area contributed by atoms with Crippen LogP contribution in [-0.4, -0.2) is 24.5 Å². The molecular formula is C16H28N2. The first-order valence-corrected chi connectivity index (χ1v) is 7.33. The molecule has 0 radical (unpaired) electrons. The van der Waals surface area contributed by atoms with E-state index in [2.05, 4.69) is 30.9 Å². The van der Waals surface area contributed by atoms with E-state index in [1.54, 1.807) is 0 Å². The number of nitrogens with zero attached hydrogens (tertiary/aromatic N) is 1. The van der Waals surface area contributed by atoms with Crippen LogP contribution in [0.5, 0.6) is 0 Å². The highest BCUT2D eigenvalue weighted by Crippen LogP contribution is 2.08. The lowest BCUT2D eigenvalue weighted by Crippen LogP contribution is -2.28. The lowest BCUT2D eigenvalue weighted by molar-refractivity contribution is 0.268. The molecule has 2 N–H and O–H groups in total. The summed E-state index contributed by atoms with van der Waals surface area (Å²) in [4.78, 5) is 2.59. The average molecular weight is 248 g/mol. The fraction of sp³-hybridized carbons (Fsp3) is 0.625. The Morgan fingerprint density at radius 3 is 2.22 bits per heavy atom. The van der Waals surface area contributed by atoms with Crippen LogP contribution in [0, 0.1) is 0 Å². The molecule has 0 unspecified atom stereocenters. The molecule has 102 valence electrons. The minimum absolute atomic E-state index is 0.876.